The second-order valence-corrected chi connectivity index (χ2v) is 8.11. The monoisotopic (exact) mass is 369 g/mol. The number of nitrogens with zero attached hydrogens (tertiary/aromatic N) is 2. The summed E-state index contributed by atoms with van der Waals surface area (Å²) in [6.45, 7) is 4.27. The van der Waals surface area contributed by atoms with E-state index in [2.05, 4.69) is 12.2 Å². The lowest BCUT2D eigenvalue weighted by Gasteiger charge is -2.38. The number of ether oxygens (including phenoxy) is 1. The molecule has 0 aromatic carbocycles. The van der Waals surface area contributed by atoms with Crippen LogP contribution in [-0.2, 0) is 9.53 Å². The number of carbonyl (C=O) groups is 2. The second kappa shape index (κ2) is 9.55. The van der Waals surface area contributed by atoms with Crippen LogP contribution in [0.2, 0.25) is 0 Å². The molecule has 26 heavy (non-hydrogen) atoms. The molecule has 1 aliphatic carbocycles. The summed E-state index contributed by atoms with van der Waals surface area (Å²) < 4.78 is 5.78. The quantitative estimate of drug-likeness (QED) is 0.750. The fourth-order valence-electron chi connectivity index (χ4n) is 4.15. The zero-order valence-electron chi connectivity index (χ0n) is 16.5. The maximum absolute atomic E-state index is 12.6. The molecule has 2 aliphatic rings. The number of carboxylic acid groups (broad SMARTS) is 1. The molecular formula is C19H35N3O4. The molecule has 7 heteroatoms. The molecule has 1 aliphatic heterocycles. The Kier molecular flexibility index (Phi) is 7.70. The van der Waals surface area contributed by atoms with Gasteiger partial charge in [0.15, 0.2) is 0 Å². The molecule has 0 radical (unpaired) electrons. The predicted octanol–water partition coefficient (Wildman–Crippen LogP) is 2.16. The summed E-state index contributed by atoms with van der Waals surface area (Å²) in [7, 11) is 3.60. The third-order valence-corrected chi connectivity index (χ3v) is 6.17. The SMILES string of the molecule is COC1(CNC(=O)N2CCCC(N(C)CC(=O)O)CC2)CCC(C)CC1. The van der Waals surface area contributed by atoms with E-state index in [1.165, 1.54) is 0 Å². The molecule has 0 spiro atoms. The van der Waals surface area contributed by atoms with Gasteiger partial charge in [0.1, 0.15) is 0 Å². The molecule has 1 saturated heterocycles. The number of carboxylic acids is 1. The first-order valence-corrected chi connectivity index (χ1v) is 9.85. The Balaban J connectivity index is 1.81. The Hall–Kier alpha value is -1.34. The fraction of sp³-hybridized carbons (Fsp3) is 0.895. The molecule has 0 aromatic rings. The third-order valence-electron chi connectivity index (χ3n) is 6.17. The number of methoxy groups -OCH3 is 1. The fourth-order valence-corrected chi connectivity index (χ4v) is 4.15. The van der Waals surface area contributed by atoms with Crippen molar-refractivity contribution >= 4 is 12.0 Å². The van der Waals surface area contributed by atoms with E-state index >= 15 is 0 Å². The largest absolute Gasteiger partial charge is 0.480 e. The van der Waals surface area contributed by atoms with Crippen molar-refractivity contribution in [3.63, 3.8) is 0 Å². The summed E-state index contributed by atoms with van der Waals surface area (Å²) in [4.78, 5) is 27.3. The maximum atomic E-state index is 12.6. The van der Waals surface area contributed by atoms with Gasteiger partial charge in [-0.05, 0) is 57.9 Å². The van der Waals surface area contributed by atoms with Gasteiger partial charge in [-0.2, -0.15) is 0 Å². The number of urea groups is 1. The van der Waals surface area contributed by atoms with Crippen molar-refractivity contribution < 1.29 is 19.4 Å². The molecule has 0 bridgehead atoms. The highest BCUT2D eigenvalue weighted by molar-refractivity contribution is 5.74. The average molecular weight is 370 g/mol. The topological polar surface area (TPSA) is 82.1 Å². The van der Waals surface area contributed by atoms with Gasteiger partial charge in [-0.25, -0.2) is 4.79 Å². The minimum Gasteiger partial charge on any atom is -0.480 e. The summed E-state index contributed by atoms with van der Waals surface area (Å²) in [5.74, 6) is -0.0719. The van der Waals surface area contributed by atoms with Gasteiger partial charge in [0.25, 0.3) is 0 Å². The van der Waals surface area contributed by atoms with Crippen molar-refractivity contribution in [1.82, 2.24) is 15.1 Å². The van der Waals surface area contributed by atoms with Crippen molar-refractivity contribution in [1.29, 1.82) is 0 Å². The highest BCUT2D eigenvalue weighted by Gasteiger charge is 2.35. The number of nitrogens with one attached hydrogen (secondary N) is 1. The van der Waals surface area contributed by atoms with E-state index in [0.717, 1.165) is 57.4 Å². The highest BCUT2D eigenvalue weighted by Crippen LogP contribution is 2.33. The lowest BCUT2D eigenvalue weighted by atomic mass is 9.79. The van der Waals surface area contributed by atoms with E-state index < -0.39 is 5.97 Å². The molecule has 150 valence electrons. The number of likely N-dealkylation sites (tertiary alicyclic amines) is 1. The van der Waals surface area contributed by atoms with E-state index in [-0.39, 0.29) is 24.2 Å². The summed E-state index contributed by atoms with van der Waals surface area (Å²) in [5.41, 5.74) is -0.224. The van der Waals surface area contributed by atoms with Gasteiger partial charge in [-0.15, -0.1) is 0 Å². The van der Waals surface area contributed by atoms with Crippen LogP contribution in [0, 0.1) is 5.92 Å². The minimum absolute atomic E-state index is 0.0263. The third kappa shape index (κ3) is 5.84. The van der Waals surface area contributed by atoms with Crippen LogP contribution in [0.3, 0.4) is 0 Å². The molecule has 1 saturated carbocycles. The van der Waals surface area contributed by atoms with Gasteiger partial charge < -0.3 is 20.1 Å². The molecule has 2 rings (SSSR count). The molecule has 2 fully saturated rings. The summed E-state index contributed by atoms with van der Waals surface area (Å²) in [6.07, 6.45) is 6.91. The standard InChI is InChI=1S/C19H35N3O4/c1-15-6-9-19(26-3,10-7-15)14-20-18(25)22-11-4-5-16(8-12-22)21(2)13-17(23)24/h15-16H,4-14H2,1-3H3,(H,20,25)(H,23,24). The summed E-state index contributed by atoms with van der Waals surface area (Å²) >= 11 is 0. The van der Waals surface area contributed by atoms with Crippen molar-refractivity contribution in [3.05, 3.63) is 0 Å². The number of hydrogen-bond acceptors (Lipinski definition) is 4. The Bertz CT molecular complexity index is 477. The predicted molar refractivity (Wildman–Crippen MR) is 100 cm³/mol. The first-order valence-electron chi connectivity index (χ1n) is 9.85. The van der Waals surface area contributed by atoms with Crippen LogP contribution < -0.4 is 5.32 Å². The lowest BCUT2D eigenvalue weighted by molar-refractivity contribution is -0.138. The molecule has 1 unspecified atom stereocenters. The number of hydrogen-bond donors (Lipinski definition) is 2. The molecule has 1 heterocycles. The van der Waals surface area contributed by atoms with E-state index in [4.69, 9.17) is 9.84 Å². The normalized spacial score (nSPS) is 30.1. The Morgan fingerprint density at radius 2 is 1.92 bits per heavy atom. The van der Waals surface area contributed by atoms with Gasteiger partial charge >= 0.3 is 12.0 Å². The van der Waals surface area contributed by atoms with Crippen molar-refractivity contribution in [2.24, 2.45) is 5.92 Å². The van der Waals surface area contributed by atoms with Crippen LogP contribution in [0.25, 0.3) is 0 Å². The van der Waals surface area contributed by atoms with Gasteiger partial charge in [0.05, 0.1) is 12.1 Å². The lowest BCUT2D eigenvalue weighted by Crippen LogP contribution is -2.50. The van der Waals surface area contributed by atoms with Crippen LogP contribution in [-0.4, -0.2) is 78.9 Å². The van der Waals surface area contributed by atoms with Gasteiger partial charge in [0, 0.05) is 32.8 Å². The number of carbonyl (C=O) groups excluding carboxylic acids is 1. The molecule has 1 atom stereocenters. The van der Waals surface area contributed by atoms with Gasteiger partial charge in [0.2, 0.25) is 0 Å². The first-order chi connectivity index (χ1) is 12.3. The molecule has 0 aromatic heterocycles. The number of amides is 2. The molecule has 2 amide bonds. The van der Waals surface area contributed by atoms with Crippen LogP contribution in [0.4, 0.5) is 4.79 Å². The van der Waals surface area contributed by atoms with Gasteiger partial charge in [-0.1, -0.05) is 6.92 Å². The molecule has 2 N–H and O–H groups in total. The van der Waals surface area contributed by atoms with Crippen molar-refractivity contribution in [2.75, 3.05) is 40.3 Å². The van der Waals surface area contributed by atoms with Crippen LogP contribution in [0.5, 0.6) is 0 Å². The smallest absolute Gasteiger partial charge is 0.317 e. The molecular weight excluding hydrogens is 334 g/mol. The zero-order valence-corrected chi connectivity index (χ0v) is 16.5. The number of rotatable bonds is 6. The summed E-state index contributed by atoms with van der Waals surface area (Å²) in [5, 5.41) is 12.0. The van der Waals surface area contributed by atoms with Crippen molar-refractivity contribution in [2.45, 2.75) is 63.5 Å². The van der Waals surface area contributed by atoms with E-state index in [1.807, 2.05) is 16.8 Å². The molecule has 7 nitrogen and oxygen atoms in total. The Morgan fingerprint density at radius 1 is 1.23 bits per heavy atom. The van der Waals surface area contributed by atoms with Gasteiger partial charge in [-0.3, -0.25) is 9.69 Å². The van der Waals surface area contributed by atoms with E-state index in [1.54, 1.807) is 7.11 Å². The average Bonchev–Trinajstić information content (AvgIpc) is 2.87. The number of aliphatic carboxylic acids is 1. The van der Waals surface area contributed by atoms with E-state index in [9.17, 15) is 9.59 Å². The minimum atomic E-state index is -0.807. The Labute approximate surface area is 157 Å². The second-order valence-electron chi connectivity index (χ2n) is 8.11. The van der Waals surface area contributed by atoms with E-state index in [0.29, 0.717) is 13.1 Å². The zero-order chi connectivity index (χ0) is 19.2. The highest BCUT2D eigenvalue weighted by atomic mass is 16.5. The first kappa shape index (κ1) is 21.0. The summed E-state index contributed by atoms with van der Waals surface area (Å²) in [6, 6.07) is 0.190. The van der Waals surface area contributed by atoms with Crippen LogP contribution in [0.15, 0.2) is 0 Å². The maximum Gasteiger partial charge on any atom is 0.317 e. The van der Waals surface area contributed by atoms with Crippen LogP contribution >= 0.6 is 0 Å². The van der Waals surface area contributed by atoms with Crippen LogP contribution in [0.1, 0.15) is 51.9 Å². The van der Waals surface area contributed by atoms with Crippen molar-refractivity contribution in [3.8, 4) is 0 Å². The Morgan fingerprint density at radius 3 is 2.54 bits per heavy atom. The number of likely N-dealkylation sites (N-methyl/N-ethyl adjacent to an activating group) is 1.